The molecule has 0 amide bonds. The molecule has 0 atom stereocenters. The third-order valence-corrected chi connectivity index (χ3v) is 4.94. The number of aromatic carboxylic acids is 1. The highest BCUT2D eigenvalue weighted by molar-refractivity contribution is 7.92. The lowest BCUT2D eigenvalue weighted by Gasteiger charge is -2.05. The van der Waals surface area contributed by atoms with Gasteiger partial charge in [-0.1, -0.05) is 0 Å². The number of aromatic nitrogens is 4. The number of carboxylic acid groups (broad SMARTS) is 1. The number of nitrogens with one attached hydrogen (secondary N) is 2. The number of hydrogen-bond donors (Lipinski definition) is 3. The van der Waals surface area contributed by atoms with Crippen molar-refractivity contribution in [1.29, 1.82) is 0 Å². The molecular formula is C10H7N5O4S2. The fraction of sp³-hybridized carbons (Fsp3) is 0. The molecule has 0 fully saturated rings. The van der Waals surface area contributed by atoms with Crippen LogP contribution < -0.4 is 4.72 Å². The maximum atomic E-state index is 12.2. The molecule has 21 heavy (non-hydrogen) atoms. The Kier molecular flexibility index (Phi) is 3.07. The number of H-pyrrole nitrogens is 1. The summed E-state index contributed by atoms with van der Waals surface area (Å²) in [6.07, 6.45) is 2.54. The Bertz CT molecular complexity index is 930. The van der Waals surface area contributed by atoms with E-state index in [1.165, 1.54) is 18.0 Å². The quantitative estimate of drug-likeness (QED) is 0.648. The summed E-state index contributed by atoms with van der Waals surface area (Å²) in [5.74, 6) is -1.14. The summed E-state index contributed by atoms with van der Waals surface area (Å²) in [6.45, 7) is 0. The van der Waals surface area contributed by atoms with Crippen molar-refractivity contribution in [2.45, 2.75) is 4.90 Å². The van der Waals surface area contributed by atoms with E-state index in [0.29, 0.717) is 11.2 Å². The lowest BCUT2D eigenvalue weighted by Crippen LogP contribution is -2.13. The van der Waals surface area contributed by atoms with Crippen LogP contribution in [0, 0.1) is 0 Å². The molecule has 3 rings (SSSR count). The highest BCUT2D eigenvalue weighted by Crippen LogP contribution is 2.23. The monoisotopic (exact) mass is 325 g/mol. The minimum atomic E-state index is -3.94. The Morgan fingerprint density at radius 1 is 1.33 bits per heavy atom. The first-order chi connectivity index (χ1) is 9.97. The number of nitrogens with zero attached hydrogens (tertiary/aromatic N) is 3. The summed E-state index contributed by atoms with van der Waals surface area (Å²) in [5.41, 5.74) is 0.661. The predicted octanol–water partition coefficient (Wildman–Crippen LogP) is 0.913. The van der Waals surface area contributed by atoms with Crippen molar-refractivity contribution in [3.05, 3.63) is 29.0 Å². The Balaban J connectivity index is 1.99. The lowest BCUT2D eigenvalue weighted by molar-refractivity contribution is 0.0702. The molecule has 11 heteroatoms. The number of carbonyl (C=O) groups is 1. The maximum Gasteiger partial charge on any atom is 0.345 e. The molecule has 0 bridgehead atoms. The Labute approximate surface area is 121 Å². The molecule has 0 radical (unpaired) electrons. The first kappa shape index (κ1) is 13.5. The van der Waals surface area contributed by atoms with Crippen LogP contribution in [-0.2, 0) is 10.0 Å². The molecular weight excluding hydrogens is 318 g/mol. The summed E-state index contributed by atoms with van der Waals surface area (Å²) >= 11 is 0.829. The van der Waals surface area contributed by atoms with Gasteiger partial charge in [0.15, 0.2) is 11.5 Å². The van der Waals surface area contributed by atoms with Crippen LogP contribution in [0.1, 0.15) is 9.67 Å². The van der Waals surface area contributed by atoms with Crippen molar-refractivity contribution in [2.24, 2.45) is 0 Å². The smallest absolute Gasteiger partial charge is 0.345 e. The van der Waals surface area contributed by atoms with Crippen molar-refractivity contribution >= 4 is 44.3 Å². The molecule has 0 unspecified atom stereocenters. The van der Waals surface area contributed by atoms with Gasteiger partial charge in [0.05, 0.1) is 11.2 Å². The second kappa shape index (κ2) is 4.79. The molecule has 9 nitrogen and oxygen atoms in total. The van der Waals surface area contributed by atoms with Gasteiger partial charge in [-0.05, 0) is 6.07 Å². The molecule has 0 aliphatic heterocycles. The van der Waals surface area contributed by atoms with E-state index in [0.717, 1.165) is 17.4 Å². The Hall–Kier alpha value is -2.53. The number of hydrogen-bond acceptors (Lipinski definition) is 7. The summed E-state index contributed by atoms with van der Waals surface area (Å²) in [4.78, 5) is 24.9. The first-order valence-corrected chi connectivity index (χ1v) is 7.82. The van der Waals surface area contributed by atoms with Crippen LogP contribution in [0.2, 0.25) is 0 Å². The van der Waals surface area contributed by atoms with Crippen molar-refractivity contribution < 1.29 is 18.3 Å². The zero-order chi connectivity index (χ0) is 15.0. The molecule has 0 saturated heterocycles. The van der Waals surface area contributed by atoms with Crippen LogP contribution in [0.15, 0.2) is 29.0 Å². The third-order valence-electron chi connectivity index (χ3n) is 2.55. The lowest BCUT2D eigenvalue weighted by atomic mass is 10.5. The zero-order valence-electron chi connectivity index (χ0n) is 10.1. The van der Waals surface area contributed by atoms with Crippen molar-refractivity contribution in [3.8, 4) is 0 Å². The summed E-state index contributed by atoms with van der Waals surface area (Å²) < 4.78 is 26.7. The number of anilines is 1. The van der Waals surface area contributed by atoms with E-state index in [2.05, 4.69) is 24.7 Å². The van der Waals surface area contributed by atoms with Gasteiger partial charge < -0.3 is 10.1 Å². The normalized spacial score (nSPS) is 11.6. The van der Waals surface area contributed by atoms with Crippen LogP contribution in [-0.4, -0.2) is 39.4 Å². The standard InChI is InChI=1S/C10H7N5O4S2/c16-10(17)6-1-5(2-20-6)21(18,19)15-9-7-8(12-3-11-7)13-4-14-9/h1-4H,(H,16,17)(H2,11,12,13,14,15). The number of imidazole rings is 1. The van der Waals surface area contributed by atoms with E-state index < -0.39 is 16.0 Å². The molecule has 0 saturated carbocycles. The second-order valence-corrected chi connectivity index (χ2v) is 6.47. The summed E-state index contributed by atoms with van der Waals surface area (Å²) in [7, 11) is -3.94. The number of rotatable bonds is 4. The number of fused-ring (bicyclic) bond motifs is 1. The van der Waals surface area contributed by atoms with Crippen LogP contribution in [0.5, 0.6) is 0 Å². The predicted molar refractivity (Wildman–Crippen MR) is 73.8 cm³/mol. The highest BCUT2D eigenvalue weighted by atomic mass is 32.2. The van der Waals surface area contributed by atoms with Crippen molar-refractivity contribution in [2.75, 3.05) is 4.72 Å². The van der Waals surface area contributed by atoms with E-state index in [4.69, 9.17) is 5.11 Å². The van der Waals surface area contributed by atoms with E-state index in [9.17, 15) is 13.2 Å². The molecule has 0 aliphatic carbocycles. The first-order valence-electron chi connectivity index (χ1n) is 5.46. The van der Waals surface area contributed by atoms with Crippen LogP contribution in [0.25, 0.3) is 11.2 Å². The number of thiophene rings is 1. The zero-order valence-corrected chi connectivity index (χ0v) is 11.8. The highest BCUT2D eigenvalue weighted by Gasteiger charge is 2.20. The molecule has 0 spiro atoms. The molecule has 3 aromatic rings. The largest absolute Gasteiger partial charge is 0.477 e. The second-order valence-electron chi connectivity index (χ2n) is 3.88. The van der Waals surface area contributed by atoms with Crippen LogP contribution in [0.4, 0.5) is 5.82 Å². The van der Waals surface area contributed by atoms with Crippen molar-refractivity contribution in [1.82, 2.24) is 19.9 Å². The van der Waals surface area contributed by atoms with Gasteiger partial charge in [0.1, 0.15) is 16.7 Å². The van der Waals surface area contributed by atoms with E-state index in [-0.39, 0.29) is 15.6 Å². The topological polar surface area (TPSA) is 138 Å². The SMILES string of the molecule is O=C(O)c1cc(S(=O)(=O)Nc2ncnc3nc[nH]c23)cs1. The number of aromatic amines is 1. The summed E-state index contributed by atoms with van der Waals surface area (Å²) in [6, 6.07) is 1.08. The van der Waals surface area contributed by atoms with Crippen molar-refractivity contribution in [3.63, 3.8) is 0 Å². The molecule has 0 aliphatic rings. The van der Waals surface area contributed by atoms with Gasteiger partial charge in [0, 0.05) is 5.38 Å². The van der Waals surface area contributed by atoms with Gasteiger partial charge in [-0.25, -0.2) is 28.2 Å². The van der Waals surface area contributed by atoms with Crippen LogP contribution in [0.3, 0.4) is 0 Å². The van der Waals surface area contributed by atoms with Gasteiger partial charge in [-0.15, -0.1) is 11.3 Å². The average Bonchev–Trinajstić information content (AvgIpc) is 3.08. The van der Waals surface area contributed by atoms with E-state index in [1.54, 1.807) is 0 Å². The fourth-order valence-electron chi connectivity index (χ4n) is 1.60. The van der Waals surface area contributed by atoms with Gasteiger partial charge in [-0.3, -0.25) is 4.72 Å². The maximum absolute atomic E-state index is 12.2. The molecule has 108 valence electrons. The molecule has 3 aromatic heterocycles. The fourth-order valence-corrected chi connectivity index (χ4v) is 3.73. The number of sulfonamides is 1. The summed E-state index contributed by atoms with van der Waals surface area (Å²) in [5, 5.41) is 10.1. The molecule has 0 aromatic carbocycles. The van der Waals surface area contributed by atoms with Gasteiger partial charge in [-0.2, -0.15) is 0 Å². The molecule has 3 heterocycles. The van der Waals surface area contributed by atoms with E-state index >= 15 is 0 Å². The Morgan fingerprint density at radius 2 is 2.14 bits per heavy atom. The minimum Gasteiger partial charge on any atom is -0.477 e. The third kappa shape index (κ3) is 2.43. The minimum absolute atomic E-state index is 0.0422. The molecule has 3 N–H and O–H groups in total. The van der Waals surface area contributed by atoms with Gasteiger partial charge in [0.25, 0.3) is 10.0 Å². The van der Waals surface area contributed by atoms with Gasteiger partial charge >= 0.3 is 5.97 Å². The average molecular weight is 325 g/mol. The van der Waals surface area contributed by atoms with Gasteiger partial charge in [0.2, 0.25) is 0 Å². The Morgan fingerprint density at radius 3 is 2.86 bits per heavy atom. The van der Waals surface area contributed by atoms with Crippen LogP contribution >= 0.6 is 11.3 Å². The van der Waals surface area contributed by atoms with E-state index in [1.807, 2.05) is 0 Å². The number of carboxylic acids is 1.